The van der Waals surface area contributed by atoms with Crippen LogP contribution in [-0.2, 0) is 12.0 Å². The minimum atomic E-state index is -0.169. The molecule has 3 N–H and O–H groups in total. The van der Waals surface area contributed by atoms with Crippen LogP contribution in [-0.4, -0.2) is 45.2 Å². The second-order valence-electron chi connectivity index (χ2n) is 6.80. The van der Waals surface area contributed by atoms with E-state index in [-0.39, 0.29) is 11.4 Å². The molecule has 1 unspecified atom stereocenters. The number of amides is 1. The Morgan fingerprint density at radius 2 is 2.08 bits per heavy atom. The molecule has 0 fully saturated rings. The van der Waals surface area contributed by atoms with Gasteiger partial charge in [-0.3, -0.25) is 0 Å². The molecule has 134 valence electrons. The monoisotopic (exact) mass is 407 g/mol. The van der Waals surface area contributed by atoms with Crippen molar-refractivity contribution in [2.24, 2.45) is 5.73 Å². The zero-order chi connectivity index (χ0) is 19.1. The Kier molecular flexibility index (Phi) is 5.10. The molecule has 1 aliphatic heterocycles. The molecule has 1 aliphatic rings. The normalized spacial score (nSPS) is 18.1. The molecule has 2 radical (unpaired) electrons. The molecule has 5 nitrogen and oxygen atoms in total. The zero-order valence-electron chi connectivity index (χ0n) is 15.7. The van der Waals surface area contributed by atoms with Crippen molar-refractivity contribution >= 4 is 40.0 Å². The third-order valence-electron chi connectivity index (χ3n) is 5.39. The van der Waals surface area contributed by atoms with E-state index in [4.69, 9.17) is 10.5 Å². The summed E-state index contributed by atoms with van der Waals surface area (Å²) in [6.45, 7) is 4.73. The Morgan fingerprint density at radius 1 is 1.35 bits per heavy atom. The maximum absolute atomic E-state index is 12.8. The summed E-state index contributed by atoms with van der Waals surface area (Å²) in [5.74, 6) is 0.692. The molecular formula is C20H24GaN3O2. The van der Waals surface area contributed by atoms with Crippen LogP contribution in [0.25, 0.3) is 0 Å². The molecular weight excluding hydrogens is 384 g/mol. The molecule has 0 spiro atoms. The molecule has 0 saturated carbocycles. The van der Waals surface area contributed by atoms with Gasteiger partial charge in [-0.15, -0.1) is 0 Å². The van der Waals surface area contributed by atoms with Crippen molar-refractivity contribution in [3.63, 3.8) is 0 Å². The molecule has 0 aromatic heterocycles. The number of nitrogens with two attached hydrogens (primary N) is 1. The number of rotatable bonds is 5. The van der Waals surface area contributed by atoms with Crippen molar-refractivity contribution < 1.29 is 9.53 Å². The molecule has 3 rings (SSSR count). The summed E-state index contributed by atoms with van der Waals surface area (Å²) in [4.78, 5) is 15.0. The quantitative estimate of drug-likeness (QED) is 0.743. The van der Waals surface area contributed by atoms with Crippen LogP contribution in [0.5, 0.6) is 5.75 Å². The van der Waals surface area contributed by atoms with Crippen LogP contribution < -0.4 is 24.8 Å². The van der Waals surface area contributed by atoms with Crippen LogP contribution in [0.2, 0.25) is 0 Å². The van der Waals surface area contributed by atoms with Gasteiger partial charge in [0.1, 0.15) is 0 Å². The van der Waals surface area contributed by atoms with Gasteiger partial charge in [0.15, 0.2) is 0 Å². The fraction of sp³-hybridized carbons (Fsp3) is 0.350. The first kappa shape index (κ1) is 18.9. The number of aryl methyl sites for hydroxylation is 1. The van der Waals surface area contributed by atoms with Gasteiger partial charge in [-0.25, -0.2) is 0 Å². The standard InChI is InChI=1S/C20H24N3O2.Ga/c1-5-13-11-14(9-10-17(13)25-4)19(24)22-16-8-6-7-15-18(16)23(3)20(15,2)12-21;/h6,8-11H,5,12,21H2,1-4H3,(H,22,24);. The van der Waals surface area contributed by atoms with Gasteiger partial charge in [0, 0.05) is 0 Å². The number of methoxy groups -OCH3 is 1. The van der Waals surface area contributed by atoms with Gasteiger partial charge in [0.25, 0.3) is 0 Å². The first-order valence-electron chi connectivity index (χ1n) is 8.72. The van der Waals surface area contributed by atoms with Crippen LogP contribution in [0.3, 0.4) is 0 Å². The molecule has 2 aromatic carbocycles. The van der Waals surface area contributed by atoms with E-state index in [1.807, 2.05) is 32.2 Å². The van der Waals surface area contributed by atoms with E-state index in [1.165, 1.54) is 9.68 Å². The third-order valence-corrected chi connectivity index (χ3v) is 6.40. The summed E-state index contributed by atoms with van der Waals surface area (Å²) in [6, 6.07) is 9.59. The molecule has 2 aromatic rings. The van der Waals surface area contributed by atoms with Gasteiger partial charge in [-0.05, 0) is 0 Å². The van der Waals surface area contributed by atoms with Gasteiger partial charge >= 0.3 is 165 Å². The van der Waals surface area contributed by atoms with Crippen molar-refractivity contribution in [2.45, 2.75) is 25.8 Å². The van der Waals surface area contributed by atoms with Gasteiger partial charge in [0.2, 0.25) is 0 Å². The zero-order valence-corrected chi connectivity index (χ0v) is 18.1. The Labute approximate surface area is 164 Å². The number of nitrogens with one attached hydrogen (secondary N) is 1. The molecule has 1 heterocycles. The summed E-state index contributed by atoms with van der Waals surface area (Å²) in [7, 11) is 3.67. The number of carbonyl (C=O) groups is 1. The van der Waals surface area contributed by atoms with Crippen LogP contribution in [0, 0.1) is 0 Å². The number of hydrogen-bond donors (Lipinski definition) is 2. The van der Waals surface area contributed by atoms with Crippen molar-refractivity contribution in [2.75, 3.05) is 30.9 Å². The second-order valence-corrected chi connectivity index (χ2v) is 8.10. The SMILES string of the molecule is CCc1cc(C(=O)Nc2cc[c]([Ga])c3c2N(C)C3(C)CN)ccc1OC. The van der Waals surface area contributed by atoms with Crippen molar-refractivity contribution in [1.29, 1.82) is 0 Å². The van der Waals surface area contributed by atoms with Gasteiger partial charge < -0.3 is 0 Å². The number of carbonyl (C=O) groups excluding carboxylic acids is 1. The molecule has 26 heavy (non-hydrogen) atoms. The molecule has 6 heteroatoms. The number of hydrogen-bond acceptors (Lipinski definition) is 4. The minimum absolute atomic E-state index is 0.117. The second kappa shape index (κ2) is 7.02. The van der Waals surface area contributed by atoms with Crippen LogP contribution >= 0.6 is 0 Å². The third kappa shape index (κ3) is 2.82. The van der Waals surface area contributed by atoms with E-state index in [1.54, 1.807) is 31.8 Å². The first-order chi connectivity index (χ1) is 12.4. The molecule has 0 saturated heterocycles. The Balaban J connectivity index is 1.93. The van der Waals surface area contributed by atoms with Crippen LogP contribution in [0.1, 0.15) is 35.3 Å². The van der Waals surface area contributed by atoms with Crippen LogP contribution in [0.4, 0.5) is 11.4 Å². The fourth-order valence-corrected chi connectivity index (χ4v) is 4.75. The molecule has 0 aliphatic carbocycles. The number of ether oxygens (including phenoxy) is 1. The summed E-state index contributed by atoms with van der Waals surface area (Å²) in [6.07, 6.45) is 0.809. The van der Waals surface area contributed by atoms with E-state index in [9.17, 15) is 4.79 Å². The van der Waals surface area contributed by atoms with E-state index in [0.29, 0.717) is 12.1 Å². The number of benzene rings is 2. The topological polar surface area (TPSA) is 67.6 Å². The maximum atomic E-state index is 12.8. The average molecular weight is 408 g/mol. The van der Waals surface area contributed by atoms with Crippen molar-refractivity contribution in [3.8, 4) is 5.75 Å². The first-order valence-corrected chi connectivity index (χ1v) is 9.93. The predicted molar refractivity (Wildman–Crippen MR) is 107 cm³/mol. The van der Waals surface area contributed by atoms with E-state index in [0.717, 1.165) is 29.1 Å². The average Bonchev–Trinajstić information content (AvgIpc) is 2.67. The molecule has 1 amide bonds. The van der Waals surface area contributed by atoms with Gasteiger partial charge in [-0.1, -0.05) is 0 Å². The van der Waals surface area contributed by atoms with Gasteiger partial charge in [-0.2, -0.15) is 0 Å². The number of anilines is 2. The Bertz CT molecular complexity index is 868. The van der Waals surface area contributed by atoms with E-state index >= 15 is 0 Å². The van der Waals surface area contributed by atoms with Gasteiger partial charge in [0.05, 0.1) is 0 Å². The number of fused-ring (bicyclic) bond motifs is 1. The van der Waals surface area contributed by atoms with Crippen molar-refractivity contribution in [1.82, 2.24) is 0 Å². The summed E-state index contributed by atoms with van der Waals surface area (Å²) in [5.41, 5.74) is 10.6. The predicted octanol–water partition coefficient (Wildman–Crippen LogP) is 1.93. The summed E-state index contributed by atoms with van der Waals surface area (Å²) in [5, 5.41) is 3.07. The van der Waals surface area contributed by atoms with Crippen LogP contribution in [0.15, 0.2) is 30.3 Å². The number of nitrogens with zero attached hydrogens (tertiary/aromatic N) is 1. The summed E-state index contributed by atoms with van der Waals surface area (Å²) >= 11 is 1.58. The molecule has 0 bridgehead atoms. The molecule has 1 atom stereocenters. The number of likely N-dealkylation sites (N-methyl/N-ethyl adjacent to an activating group) is 1. The van der Waals surface area contributed by atoms with Crippen molar-refractivity contribution in [3.05, 3.63) is 47.0 Å². The van der Waals surface area contributed by atoms with E-state index in [2.05, 4.69) is 23.2 Å². The Hall–Kier alpha value is -1.89. The fourth-order valence-electron chi connectivity index (χ4n) is 3.61. The van der Waals surface area contributed by atoms with E-state index < -0.39 is 0 Å². The Morgan fingerprint density at radius 3 is 2.69 bits per heavy atom. The summed E-state index contributed by atoms with van der Waals surface area (Å²) < 4.78 is 6.61.